The number of carboxylic acids is 1. The van der Waals surface area contributed by atoms with E-state index >= 15 is 0 Å². The minimum Gasteiger partial charge on any atom is -0.481 e. The first-order valence-electron chi connectivity index (χ1n) is 10.1. The van der Waals surface area contributed by atoms with Gasteiger partial charge in [-0.2, -0.15) is 11.8 Å². The number of hydrogen-bond acceptors (Lipinski definition) is 3. The molecule has 0 aliphatic heterocycles. The minimum atomic E-state index is -0.867. The third-order valence-corrected chi connectivity index (χ3v) is 7.83. The van der Waals surface area contributed by atoms with E-state index in [0.29, 0.717) is 0 Å². The summed E-state index contributed by atoms with van der Waals surface area (Å²) in [5.41, 5.74) is 2.52. The monoisotopic (exact) mass is 476 g/mol. The average molecular weight is 477 g/mol. The highest BCUT2D eigenvalue weighted by molar-refractivity contribution is 9.10. The Labute approximate surface area is 186 Å². The molecular weight excluding hydrogens is 448 g/mol. The zero-order valence-electron chi connectivity index (χ0n) is 17.0. The maximum Gasteiger partial charge on any atom is 0.303 e. The van der Waals surface area contributed by atoms with Crippen LogP contribution in [0.25, 0.3) is 0 Å². The Morgan fingerprint density at radius 1 is 1.21 bits per heavy atom. The Kier molecular flexibility index (Phi) is 7.13. The SMILES string of the molecule is CC(C)(O)c1ccccc1CC[C@@H](SCC1(CC(=O)O)CC1)c1cccc(Br)c1. The van der Waals surface area contributed by atoms with E-state index in [9.17, 15) is 15.0 Å². The Balaban J connectivity index is 1.75. The maximum absolute atomic E-state index is 11.2. The van der Waals surface area contributed by atoms with Crippen LogP contribution in [-0.2, 0) is 16.8 Å². The Hall–Kier alpha value is -1.30. The van der Waals surface area contributed by atoms with Gasteiger partial charge in [0.15, 0.2) is 0 Å². The molecule has 2 aromatic rings. The summed E-state index contributed by atoms with van der Waals surface area (Å²) in [6.07, 6.45) is 4.11. The first-order valence-corrected chi connectivity index (χ1v) is 11.9. The van der Waals surface area contributed by atoms with Crippen LogP contribution in [0.2, 0.25) is 0 Å². The molecular formula is C24H29BrO3S. The highest BCUT2D eigenvalue weighted by Gasteiger charge is 2.44. The number of rotatable bonds is 10. The van der Waals surface area contributed by atoms with Gasteiger partial charge in [-0.3, -0.25) is 4.79 Å². The van der Waals surface area contributed by atoms with Crippen molar-refractivity contribution in [3.63, 3.8) is 0 Å². The van der Waals surface area contributed by atoms with Gasteiger partial charge in [-0.15, -0.1) is 0 Å². The molecule has 0 amide bonds. The number of carboxylic acid groups (broad SMARTS) is 1. The van der Waals surface area contributed by atoms with Gasteiger partial charge in [-0.05, 0) is 73.8 Å². The van der Waals surface area contributed by atoms with Crippen LogP contribution in [0.4, 0.5) is 0 Å². The van der Waals surface area contributed by atoms with Gasteiger partial charge in [-0.1, -0.05) is 52.3 Å². The highest BCUT2D eigenvalue weighted by Crippen LogP contribution is 2.53. The van der Waals surface area contributed by atoms with Crippen molar-refractivity contribution in [1.82, 2.24) is 0 Å². The predicted molar refractivity (Wildman–Crippen MR) is 123 cm³/mol. The van der Waals surface area contributed by atoms with E-state index in [4.69, 9.17) is 0 Å². The van der Waals surface area contributed by atoms with Crippen LogP contribution in [-0.4, -0.2) is 21.9 Å². The van der Waals surface area contributed by atoms with E-state index in [2.05, 4.69) is 40.2 Å². The van der Waals surface area contributed by atoms with Crippen molar-refractivity contribution in [1.29, 1.82) is 0 Å². The Bertz CT molecular complexity index is 855. The van der Waals surface area contributed by atoms with Crippen molar-refractivity contribution in [3.05, 3.63) is 69.7 Å². The molecule has 2 aromatic carbocycles. The summed E-state index contributed by atoms with van der Waals surface area (Å²) in [6.45, 7) is 3.66. The van der Waals surface area contributed by atoms with Crippen LogP contribution < -0.4 is 0 Å². The summed E-state index contributed by atoms with van der Waals surface area (Å²) in [6, 6.07) is 16.5. The van der Waals surface area contributed by atoms with Crippen LogP contribution in [0.5, 0.6) is 0 Å². The summed E-state index contributed by atoms with van der Waals surface area (Å²) in [4.78, 5) is 11.2. The molecule has 1 fully saturated rings. The van der Waals surface area contributed by atoms with E-state index < -0.39 is 11.6 Å². The largest absolute Gasteiger partial charge is 0.481 e. The van der Waals surface area contributed by atoms with Crippen molar-refractivity contribution in [2.75, 3.05) is 5.75 Å². The molecule has 0 saturated heterocycles. The van der Waals surface area contributed by atoms with Crippen LogP contribution in [0, 0.1) is 5.41 Å². The molecule has 3 rings (SSSR count). The van der Waals surface area contributed by atoms with E-state index in [0.717, 1.165) is 41.5 Å². The molecule has 1 saturated carbocycles. The lowest BCUT2D eigenvalue weighted by molar-refractivity contribution is -0.138. The van der Waals surface area contributed by atoms with Gasteiger partial charge in [-0.25, -0.2) is 0 Å². The van der Waals surface area contributed by atoms with Crippen molar-refractivity contribution in [2.45, 2.75) is 56.8 Å². The van der Waals surface area contributed by atoms with E-state index in [1.165, 1.54) is 11.1 Å². The molecule has 1 atom stereocenters. The Morgan fingerprint density at radius 3 is 2.55 bits per heavy atom. The summed E-state index contributed by atoms with van der Waals surface area (Å²) in [7, 11) is 0. The molecule has 0 aromatic heterocycles. The average Bonchev–Trinajstić information content (AvgIpc) is 3.40. The second kappa shape index (κ2) is 9.23. The number of carbonyl (C=O) groups is 1. The lowest BCUT2D eigenvalue weighted by Crippen LogP contribution is -2.18. The molecule has 0 spiro atoms. The molecule has 0 bridgehead atoms. The highest BCUT2D eigenvalue weighted by atomic mass is 79.9. The minimum absolute atomic E-state index is 0.0221. The smallest absolute Gasteiger partial charge is 0.303 e. The molecule has 5 heteroatoms. The molecule has 3 nitrogen and oxygen atoms in total. The molecule has 0 heterocycles. The van der Waals surface area contributed by atoms with Crippen LogP contribution in [0.15, 0.2) is 53.0 Å². The lowest BCUT2D eigenvalue weighted by Gasteiger charge is -2.24. The van der Waals surface area contributed by atoms with Crippen LogP contribution in [0.3, 0.4) is 0 Å². The van der Waals surface area contributed by atoms with Gasteiger partial charge in [0, 0.05) is 15.5 Å². The number of thioether (sulfide) groups is 1. The molecule has 1 aliphatic rings. The molecule has 0 radical (unpaired) electrons. The third kappa shape index (κ3) is 6.34. The summed E-state index contributed by atoms with van der Waals surface area (Å²) in [5, 5.41) is 20.0. The molecule has 1 aliphatic carbocycles. The zero-order chi connectivity index (χ0) is 21.1. The maximum atomic E-state index is 11.2. The number of halogens is 1. The fourth-order valence-corrected chi connectivity index (χ4v) is 5.81. The van der Waals surface area contributed by atoms with Gasteiger partial charge >= 0.3 is 5.97 Å². The first kappa shape index (κ1) is 22.4. The summed E-state index contributed by atoms with van der Waals surface area (Å²) >= 11 is 5.46. The quantitative estimate of drug-likeness (QED) is 0.419. The van der Waals surface area contributed by atoms with E-state index in [-0.39, 0.29) is 17.1 Å². The van der Waals surface area contributed by atoms with Crippen molar-refractivity contribution >= 4 is 33.7 Å². The fraction of sp³-hybridized carbons (Fsp3) is 0.458. The van der Waals surface area contributed by atoms with Gasteiger partial charge in [0.1, 0.15) is 0 Å². The van der Waals surface area contributed by atoms with Gasteiger partial charge in [0.25, 0.3) is 0 Å². The second-order valence-electron chi connectivity index (χ2n) is 8.68. The van der Waals surface area contributed by atoms with Gasteiger partial charge < -0.3 is 10.2 Å². The fourth-order valence-electron chi connectivity index (χ4n) is 3.82. The number of aryl methyl sites for hydroxylation is 1. The molecule has 2 N–H and O–H groups in total. The van der Waals surface area contributed by atoms with Gasteiger partial charge in [0.2, 0.25) is 0 Å². The molecule has 156 valence electrons. The van der Waals surface area contributed by atoms with Crippen LogP contribution >= 0.6 is 27.7 Å². The third-order valence-electron chi connectivity index (χ3n) is 5.65. The predicted octanol–water partition coefficient (Wildman–Crippen LogP) is 6.34. The van der Waals surface area contributed by atoms with E-state index in [1.807, 2.05) is 49.9 Å². The van der Waals surface area contributed by atoms with Gasteiger partial charge in [0.05, 0.1) is 12.0 Å². The van der Waals surface area contributed by atoms with Crippen molar-refractivity contribution in [3.8, 4) is 0 Å². The summed E-state index contributed by atoms with van der Waals surface area (Å²) in [5.74, 6) is 0.185. The Morgan fingerprint density at radius 2 is 1.93 bits per heavy atom. The number of aliphatic hydroxyl groups is 1. The molecule has 0 unspecified atom stereocenters. The lowest BCUT2D eigenvalue weighted by atomic mass is 9.90. The van der Waals surface area contributed by atoms with Crippen molar-refractivity contribution in [2.24, 2.45) is 5.41 Å². The first-order chi connectivity index (χ1) is 13.7. The van der Waals surface area contributed by atoms with Crippen molar-refractivity contribution < 1.29 is 15.0 Å². The van der Waals surface area contributed by atoms with E-state index in [1.54, 1.807) is 0 Å². The second-order valence-corrected chi connectivity index (χ2v) is 10.8. The zero-order valence-corrected chi connectivity index (χ0v) is 19.4. The van der Waals surface area contributed by atoms with Crippen LogP contribution in [0.1, 0.15) is 61.5 Å². The normalized spacial score (nSPS) is 16.4. The number of benzene rings is 2. The number of hydrogen-bond donors (Lipinski definition) is 2. The standard InChI is InChI=1S/C24H29BrO3S/c1-23(2,28)20-9-4-3-6-17(20)10-11-21(18-7-5-8-19(25)14-18)29-16-24(12-13-24)15-22(26)27/h3-9,14,21,28H,10-13,15-16H2,1-2H3,(H,26,27)/t21-/m1/s1. The molecule has 29 heavy (non-hydrogen) atoms. The topological polar surface area (TPSA) is 57.5 Å². The number of aliphatic carboxylic acids is 1. The summed E-state index contributed by atoms with van der Waals surface area (Å²) < 4.78 is 1.06.